The van der Waals surface area contributed by atoms with Crippen molar-refractivity contribution in [1.29, 1.82) is 0 Å². The fourth-order valence-corrected chi connectivity index (χ4v) is 2.68. The van der Waals surface area contributed by atoms with Gasteiger partial charge in [-0.05, 0) is 31.2 Å². The Morgan fingerprint density at radius 3 is 2.77 bits per heavy atom. The van der Waals surface area contributed by atoms with Crippen LogP contribution in [0.15, 0.2) is 54.6 Å². The second-order valence-corrected chi connectivity index (χ2v) is 5.95. The first-order valence-electron chi connectivity index (χ1n) is 8.14. The molecule has 4 rings (SSSR count). The lowest BCUT2D eigenvalue weighted by molar-refractivity contribution is -0.122. The van der Waals surface area contributed by atoms with Crippen molar-refractivity contribution in [2.24, 2.45) is 0 Å². The number of aromatic amines is 1. The van der Waals surface area contributed by atoms with Gasteiger partial charge in [0.05, 0.1) is 11.4 Å². The molecule has 1 aromatic heterocycles. The normalized spacial score (nSPS) is 15.6. The number of H-pyrrole nitrogens is 1. The number of nitrogens with zero attached hydrogens (tertiary/aromatic N) is 1. The van der Waals surface area contributed by atoms with Crippen molar-refractivity contribution in [3.8, 4) is 17.0 Å². The van der Waals surface area contributed by atoms with Gasteiger partial charge in [-0.2, -0.15) is 5.10 Å². The Labute approximate surface area is 149 Å². The number of hydrogen-bond acceptors (Lipinski definition) is 4. The van der Waals surface area contributed by atoms with Gasteiger partial charge in [0.25, 0.3) is 11.8 Å². The van der Waals surface area contributed by atoms with Crippen molar-refractivity contribution >= 4 is 23.2 Å². The molecule has 0 saturated carbocycles. The van der Waals surface area contributed by atoms with Crippen LogP contribution in [0.4, 0.5) is 11.4 Å². The Balaban J connectivity index is 1.51. The molecule has 26 heavy (non-hydrogen) atoms. The van der Waals surface area contributed by atoms with Crippen LogP contribution in [0.2, 0.25) is 0 Å². The molecule has 1 aliphatic heterocycles. The average molecular weight is 348 g/mol. The zero-order chi connectivity index (χ0) is 18.1. The van der Waals surface area contributed by atoms with E-state index in [2.05, 4.69) is 20.8 Å². The third-order valence-corrected chi connectivity index (χ3v) is 4.06. The van der Waals surface area contributed by atoms with Crippen LogP contribution in [0.3, 0.4) is 0 Å². The van der Waals surface area contributed by atoms with Gasteiger partial charge in [0.15, 0.2) is 6.10 Å². The highest BCUT2D eigenvalue weighted by molar-refractivity contribution is 6.04. The number of carbonyl (C=O) groups is 2. The van der Waals surface area contributed by atoms with E-state index in [1.54, 1.807) is 31.2 Å². The second-order valence-electron chi connectivity index (χ2n) is 5.95. The van der Waals surface area contributed by atoms with E-state index < -0.39 is 6.10 Å². The van der Waals surface area contributed by atoms with Crippen LogP contribution >= 0.6 is 0 Å². The minimum Gasteiger partial charge on any atom is -0.479 e. The molecule has 130 valence electrons. The van der Waals surface area contributed by atoms with Crippen LogP contribution in [0.1, 0.15) is 17.4 Å². The molecular formula is C19H16N4O3. The van der Waals surface area contributed by atoms with E-state index in [9.17, 15) is 9.59 Å². The number of carbonyl (C=O) groups excluding carboxylic acids is 2. The van der Waals surface area contributed by atoms with Crippen LogP contribution in [-0.4, -0.2) is 28.1 Å². The maximum absolute atomic E-state index is 12.4. The summed E-state index contributed by atoms with van der Waals surface area (Å²) in [5.41, 5.74) is 3.03. The Morgan fingerprint density at radius 2 is 1.96 bits per heavy atom. The summed E-state index contributed by atoms with van der Waals surface area (Å²) >= 11 is 0. The summed E-state index contributed by atoms with van der Waals surface area (Å²) in [4.78, 5) is 24.2. The minimum atomic E-state index is -0.538. The second kappa shape index (κ2) is 6.36. The molecule has 2 heterocycles. The quantitative estimate of drug-likeness (QED) is 0.678. The van der Waals surface area contributed by atoms with Crippen molar-refractivity contribution in [1.82, 2.24) is 10.2 Å². The van der Waals surface area contributed by atoms with Gasteiger partial charge >= 0.3 is 0 Å². The number of benzene rings is 2. The first kappa shape index (κ1) is 15.9. The van der Waals surface area contributed by atoms with Gasteiger partial charge in [-0.25, -0.2) is 0 Å². The van der Waals surface area contributed by atoms with E-state index in [-0.39, 0.29) is 11.8 Å². The molecule has 0 aliphatic carbocycles. The molecule has 0 fully saturated rings. The number of rotatable bonds is 3. The minimum absolute atomic E-state index is 0.220. The molecule has 3 aromatic rings. The number of anilines is 2. The highest BCUT2D eigenvalue weighted by atomic mass is 16.5. The number of fused-ring (bicyclic) bond motifs is 1. The summed E-state index contributed by atoms with van der Waals surface area (Å²) in [7, 11) is 0. The summed E-state index contributed by atoms with van der Waals surface area (Å²) in [5.74, 6) is 0.0288. The fraction of sp³-hybridized carbons (Fsp3) is 0.105. The number of nitrogens with one attached hydrogen (secondary N) is 3. The van der Waals surface area contributed by atoms with E-state index in [4.69, 9.17) is 4.74 Å². The summed E-state index contributed by atoms with van der Waals surface area (Å²) < 4.78 is 5.50. The molecule has 2 amide bonds. The molecule has 0 unspecified atom stereocenters. The number of amides is 2. The highest BCUT2D eigenvalue weighted by Gasteiger charge is 2.23. The first-order valence-corrected chi connectivity index (χ1v) is 8.14. The zero-order valence-corrected chi connectivity index (χ0v) is 13.9. The summed E-state index contributed by atoms with van der Waals surface area (Å²) in [6, 6.07) is 16.4. The number of aromatic nitrogens is 2. The summed E-state index contributed by atoms with van der Waals surface area (Å²) in [5, 5.41) is 12.5. The monoisotopic (exact) mass is 348 g/mol. The van der Waals surface area contributed by atoms with Gasteiger partial charge < -0.3 is 15.4 Å². The highest BCUT2D eigenvalue weighted by Crippen LogP contribution is 2.32. The smallest absolute Gasteiger partial charge is 0.273 e. The maximum Gasteiger partial charge on any atom is 0.273 e. The topological polar surface area (TPSA) is 96.1 Å². The Bertz CT molecular complexity index is 981. The van der Waals surface area contributed by atoms with Gasteiger partial charge in [-0.15, -0.1) is 0 Å². The predicted octanol–water partition coefficient (Wildman–Crippen LogP) is 3.05. The predicted molar refractivity (Wildman–Crippen MR) is 97.1 cm³/mol. The molecule has 7 heteroatoms. The van der Waals surface area contributed by atoms with Gasteiger partial charge in [0, 0.05) is 11.3 Å². The number of ether oxygens (including phenoxy) is 1. The van der Waals surface area contributed by atoms with E-state index in [0.29, 0.717) is 28.5 Å². The fourth-order valence-electron chi connectivity index (χ4n) is 2.68. The van der Waals surface area contributed by atoms with Gasteiger partial charge in [0.2, 0.25) is 0 Å². The van der Waals surface area contributed by atoms with Crippen molar-refractivity contribution in [3.63, 3.8) is 0 Å². The average Bonchev–Trinajstić information content (AvgIpc) is 3.14. The van der Waals surface area contributed by atoms with Gasteiger partial charge in [-0.3, -0.25) is 14.7 Å². The first-order chi connectivity index (χ1) is 12.6. The van der Waals surface area contributed by atoms with Crippen molar-refractivity contribution < 1.29 is 14.3 Å². The molecule has 0 spiro atoms. The van der Waals surface area contributed by atoms with Crippen molar-refractivity contribution in [3.05, 3.63) is 60.3 Å². The lowest BCUT2D eigenvalue weighted by Gasteiger charge is -2.23. The van der Waals surface area contributed by atoms with Crippen LogP contribution in [0.5, 0.6) is 5.75 Å². The molecule has 1 atom stereocenters. The van der Waals surface area contributed by atoms with Crippen molar-refractivity contribution in [2.45, 2.75) is 13.0 Å². The maximum atomic E-state index is 12.4. The zero-order valence-electron chi connectivity index (χ0n) is 13.9. The summed E-state index contributed by atoms with van der Waals surface area (Å²) in [6.45, 7) is 1.68. The van der Waals surface area contributed by atoms with Gasteiger partial charge in [-0.1, -0.05) is 30.3 Å². The molecule has 0 bridgehead atoms. The Hall–Kier alpha value is -3.61. The third kappa shape index (κ3) is 3.02. The summed E-state index contributed by atoms with van der Waals surface area (Å²) in [6.07, 6.45) is -0.538. The lowest BCUT2D eigenvalue weighted by atomic mass is 10.1. The largest absolute Gasteiger partial charge is 0.479 e. The molecular weight excluding hydrogens is 332 g/mol. The molecule has 0 saturated heterocycles. The van der Waals surface area contributed by atoms with Crippen LogP contribution < -0.4 is 15.4 Å². The third-order valence-electron chi connectivity index (χ3n) is 4.06. The van der Waals surface area contributed by atoms with Crippen LogP contribution in [0.25, 0.3) is 11.3 Å². The molecule has 1 aliphatic rings. The van der Waals surface area contributed by atoms with Gasteiger partial charge in [0.1, 0.15) is 11.4 Å². The standard InChI is InChI=1S/C19H16N4O3/c1-11-18(24)21-15-9-13(7-8-17(15)26-11)20-19(25)16-10-14(22-23-16)12-5-3-2-4-6-12/h2-11H,1H3,(H,20,25)(H,21,24)(H,22,23)/t11-/m1/s1. The van der Waals surface area contributed by atoms with E-state index in [1.165, 1.54) is 0 Å². The number of hydrogen-bond donors (Lipinski definition) is 3. The lowest BCUT2D eigenvalue weighted by Crippen LogP contribution is -2.34. The van der Waals surface area contributed by atoms with E-state index in [1.807, 2.05) is 30.3 Å². The Morgan fingerprint density at radius 1 is 1.15 bits per heavy atom. The van der Waals surface area contributed by atoms with E-state index in [0.717, 1.165) is 5.56 Å². The SMILES string of the molecule is C[C@H]1Oc2ccc(NC(=O)c3cc(-c4ccccc4)n[nH]3)cc2NC1=O. The van der Waals surface area contributed by atoms with Crippen LogP contribution in [0, 0.1) is 0 Å². The van der Waals surface area contributed by atoms with E-state index >= 15 is 0 Å². The van der Waals surface area contributed by atoms with Crippen LogP contribution in [-0.2, 0) is 4.79 Å². The molecule has 0 radical (unpaired) electrons. The Kier molecular flexibility index (Phi) is 3.89. The molecule has 7 nitrogen and oxygen atoms in total. The molecule has 2 aromatic carbocycles. The van der Waals surface area contributed by atoms with Crippen molar-refractivity contribution in [2.75, 3.05) is 10.6 Å². The molecule has 3 N–H and O–H groups in total.